The summed E-state index contributed by atoms with van der Waals surface area (Å²) in [4.78, 5) is 19.4. The fraction of sp³-hybridized carbons (Fsp3) is 0.296. The molecule has 0 aliphatic carbocycles. The van der Waals surface area contributed by atoms with Gasteiger partial charge in [-0.05, 0) is 73.9 Å². The van der Waals surface area contributed by atoms with Crippen LogP contribution in [0.4, 0.5) is 13.2 Å². The van der Waals surface area contributed by atoms with Crippen LogP contribution in [0.3, 0.4) is 0 Å². The highest BCUT2D eigenvalue weighted by molar-refractivity contribution is 6.44. The van der Waals surface area contributed by atoms with Crippen molar-refractivity contribution in [1.29, 1.82) is 0 Å². The predicted molar refractivity (Wildman–Crippen MR) is 137 cm³/mol. The summed E-state index contributed by atoms with van der Waals surface area (Å²) in [5, 5.41) is 0. The molecule has 0 saturated heterocycles. The van der Waals surface area contributed by atoms with Gasteiger partial charge in [0.1, 0.15) is 11.5 Å². The highest BCUT2D eigenvalue weighted by Gasteiger charge is 2.31. The van der Waals surface area contributed by atoms with Crippen LogP contribution in [0.2, 0.25) is 0 Å². The van der Waals surface area contributed by atoms with E-state index in [-0.39, 0.29) is 17.6 Å². The van der Waals surface area contributed by atoms with Gasteiger partial charge in [0.2, 0.25) is 5.90 Å². The number of hydrogen-bond donors (Lipinski definition) is 0. The van der Waals surface area contributed by atoms with Gasteiger partial charge in [-0.2, -0.15) is 0 Å². The first-order valence-electron chi connectivity index (χ1n) is 10.9. The lowest BCUT2D eigenvalue weighted by atomic mass is 10.1. The molecule has 0 aromatic heterocycles. The number of carbonyl (C=O) groups is 1. The SMILES string of the molecule is C=C(N=C(OC)C(C=C(C)C)=NC)c1ccc(OC(F)(F)F)cc1.CCc1cccc(C(=O)OC)c1. The number of aliphatic imine (C=N–C) groups is 2. The molecule has 0 unspecified atom stereocenters. The van der Waals surface area contributed by atoms with E-state index < -0.39 is 6.36 Å². The smallest absolute Gasteiger partial charge is 0.479 e. The number of nitrogens with zero attached hydrogens (tertiary/aromatic N) is 2. The zero-order valence-electron chi connectivity index (χ0n) is 21.3. The monoisotopic (exact) mass is 504 g/mol. The van der Waals surface area contributed by atoms with Crippen LogP contribution < -0.4 is 4.74 Å². The molecular formula is C27H31F3N2O4. The average molecular weight is 505 g/mol. The van der Waals surface area contributed by atoms with Crippen molar-refractivity contribution in [2.75, 3.05) is 21.3 Å². The molecule has 194 valence electrons. The van der Waals surface area contributed by atoms with Crippen LogP contribution in [0.5, 0.6) is 5.75 Å². The van der Waals surface area contributed by atoms with E-state index >= 15 is 0 Å². The summed E-state index contributed by atoms with van der Waals surface area (Å²) in [6.07, 6.45) is -1.99. The number of allylic oxidation sites excluding steroid dienone is 1. The molecule has 0 fully saturated rings. The predicted octanol–water partition coefficient (Wildman–Crippen LogP) is 6.67. The van der Waals surface area contributed by atoms with E-state index in [1.54, 1.807) is 19.2 Å². The molecule has 0 amide bonds. The summed E-state index contributed by atoms with van der Waals surface area (Å²) in [6, 6.07) is 12.7. The van der Waals surface area contributed by atoms with E-state index in [1.807, 2.05) is 32.0 Å². The van der Waals surface area contributed by atoms with Gasteiger partial charge in [0.25, 0.3) is 0 Å². The third kappa shape index (κ3) is 10.6. The minimum Gasteiger partial charge on any atom is -0.479 e. The number of halogens is 3. The van der Waals surface area contributed by atoms with Crippen LogP contribution in [-0.2, 0) is 15.9 Å². The molecule has 0 aliphatic heterocycles. The molecule has 0 heterocycles. The summed E-state index contributed by atoms with van der Waals surface area (Å²) in [7, 11) is 4.45. The summed E-state index contributed by atoms with van der Waals surface area (Å²) in [5.74, 6) is -0.319. The fourth-order valence-electron chi connectivity index (χ4n) is 2.78. The van der Waals surface area contributed by atoms with Gasteiger partial charge in [0.15, 0.2) is 0 Å². The maximum absolute atomic E-state index is 12.2. The lowest BCUT2D eigenvalue weighted by Gasteiger charge is -2.10. The lowest BCUT2D eigenvalue weighted by Crippen LogP contribution is -2.17. The van der Waals surface area contributed by atoms with Crippen LogP contribution in [0, 0.1) is 0 Å². The minimum atomic E-state index is -4.73. The van der Waals surface area contributed by atoms with Gasteiger partial charge in [0.05, 0.1) is 25.5 Å². The number of rotatable bonds is 7. The number of carbonyl (C=O) groups excluding carboxylic acids is 1. The molecular weight excluding hydrogens is 473 g/mol. The second kappa shape index (κ2) is 14.5. The van der Waals surface area contributed by atoms with Gasteiger partial charge in [-0.1, -0.05) is 31.2 Å². The van der Waals surface area contributed by atoms with Gasteiger partial charge >= 0.3 is 12.3 Å². The van der Waals surface area contributed by atoms with Gasteiger partial charge in [0, 0.05) is 7.05 Å². The van der Waals surface area contributed by atoms with Crippen LogP contribution in [0.15, 0.2) is 76.7 Å². The van der Waals surface area contributed by atoms with E-state index in [9.17, 15) is 18.0 Å². The van der Waals surface area contributed by atoms with Crippen molar-refractivity contribution < 1.29 is 32.2 Å². The van der Waals surface area contributed by atoms with Crippen LogP contribution >= 0.6 is 0 Å². The zero-order chi connectivity index (χ0) is 27.3. The topological polar surface area (TPSA) is 69.5 Å². The lowest BCUT2D eigenvalue weighted by molar-refractivity contribution is -0.274. The van der Waals surface area contributed by atoms with E-state index in [1.165, 1.54) is 38.5 Å². The van der Waals surface area contributed by atoms with E-state index in [4.69, 9.17) is 4.74 Å². The third-order valence-electron chi connectivity index (χ3n) is 4.49. The fourth-order valence-corrected chi connectivity index (χ4v) is 2.78. The Labute approximate surface area is 209 Å². The number of ether oxygens (including phenoxy) is 3. The van der Waals surface area contributed by atoms with E-state index in [0.717, 1.165) is 17.6 Å². The summed E-state index contributed by atoms with van der Waals surface area (Å²) >= 11 is 0. The Bertz CT molecular complexity index is 1110. The van der Waals surface area contributed by atoms with Gasteiger partial charge in [-0.3, -0.25) is 4.99 Å². The van der Waals surface area contributed by atoms with Crippen LogP contribution in [0.1, 0.15) is 42.3 Å². The number of aryl methyl sites for hydroxylation is 1. The molecule has 2 aromatic carbocycles. The maximum atomic E-state index is 12.2. The molecule has 2 rings (SSSR count). The quantitative estimate of drug-likeness (QED) is 0.240. The molecule has 0 radical (unpaired) electrons. The van der Waals surface area contributed by atoms with Crippen molar-refractivity contribution in [1.82, 2.24) is 0 Å². The Balaban J connectivity index is 0.000000450. The molecule has 0 saturated carbocycles. The summed E-state index contributed by atoms with van der Waals surface area (Å²) in [6.45, 7) is 9.68. The first kappa shape index (κ1) is 30.2. The van der Waals surface area contributed by atoms with Gasteiger partial charge < -0.3 is 14.2 Å². The standard InChI is InChI=1S/C17H19F3N2O2.C10H12O2/c1-11(2)10-15(21-4)16(23-5)22-12(3)13-6-8-14(9-7-13)24-17(18,19)20;1-3-8-5-4-6-9(7-8)10(11)12-2/h6-10H,3H2,1-2,4-5H3;4-7H,3H2,1-2H3. The number of esters is 1. The Kier molecular flexibility index (Phi) is 12.1. The van der Waals surface area contributed by atoms with Crippen molar-refractivity contribution in [3.8, 4) is 5.75 Å². The maximum Gasteiger partial charge on any atom is 0.573 e. The van der Waals surface area contributed by atoms with Gasteiger partial charge in [-0.15, -0.1) is 13.2 Å². The molecule has 2 aromatic rings. The first-order chi connectivity index (χ1) is 16.9. The Morgan fingerprint density at radius 3 is 2.14 bits per heavy atom. The van der Waals surface area contributed by atoms with Crippen molar-refractivity contribution in [2.24, 2.45) is 9.98 Å². The van der Waals surface area contributed by atoms with Crippen molar-refractivity contribution in [3.63, 3.8) is 0 Å². The summed E-state index contributed by atoms with van der Waals surface area (Å²) in [5.41, 5.74) is 4.19. The summed E-state index contributed by atoms with van der Waals surface area (Å²) < 4.78 is 50.1. The minimum absolute atomic E-state index is 0.263. The second-order valence-electron chi connectivity index (χ2n) is 7.52. The number of hydrogen-bond acceptors (Lipinski definition) is 6. The largest absolute Gasteiger partial charge is 0.573 e. The highest BCUT2D eigenvalue weighted by Crippen LogP contribution is 2.24. The van der Waals surface area contributed by atoms with Gasteiger partial charge in [-0.25, -0.2) is 9.79 Å². The molecule has 0 bridgehead atoms. The van der Waals surface area contributed by atoms with Crippen molar-refractivity contribution >= 4 is 23.3 Å². The first-order valence-corrected chi connectivity index (χ1v) is 10.9. The highest BCUT2D eigenvalue weighted by atomic mass is 19.4. The molecule has 0 atom stereocenters. The average Bonchev–Trinajstić information content (AvgIpc) is 2.85. The molecule has 0 N–H and O–H groups in total. The number of methoxy groups -OCH3 is 2. The van der Waals surface area contributed by atoms with Crippen LogP contribution in [0.25, 0.3) is 5.70 Å². The molecule has 6 nitrogen and oxygen atoms in total. The Hall–Kier alpha value is -3.88. The Morgan fingerprint density at radius 1 is 1.03 bits per heavy atom. The normalized spacial score (nSPS) is 11.6. The molecule has 0 spiro atoms. The second-order valence-corrected chi connectivity index (χ2v) is 7.52. The molecule has 0 aliphatic rings. The van der Waals surface area contributed by atoms with E-state index in [2.05, 4.69) is 33.0 Å². The van der Waals surface area contributed by atoms with E-state index in [0.29, 0.717) is 22.5 Å². The molecule has 36 heavy (non-hydrogen) atoms. The number of benzene rings is 2. The van der Waals surface area contributed by atoms with Crippen LogP contribution in [-0.4, -0.2) is 45.2 Å². The Morgan fingerprint density at radius 2 is 1.67 bits per heavy atom. The zero-order valence-corrected chi connectivity index (χ0v) is 21.3. The van der Waals surface area contributed by atoms with Crippen molar-refractivity contribution in [3.05, 3.63) is 83.4 Å². The number of alkyl halides is 3. The van der Waals surface area contributed by atoms with Crippen molar-refractivity contribution in [2.45, 2.75) is 33.6 Å². The third-order valence-corrected chi connectivity index (χ3v) is 4.49. The molecule has 9 heteroatoms.